The van der Waals surface area contributed by atoms with Crippen LogP contribution < -0.4 is 20.1 Å². The van der Waals surface area contributed by atoms with Crippen molar-refractivity contribution in [1.82, 2.24) is 15.3 Å². The number of aromatic amines is 1. The Bertz CT molecular complexity index is 963. The highest BCUT2D eigenvalue weighted by atomic mass is 32.1. The number of amides is 2. The maximum absolute atomic E-state index is 12.3. The van der Waals surface area contributed by atoms with E-state index >= 15 is 0 Å². The third kappa shape index (κ3) is 3.62. The first kappa shape index (κ1) is 17.7. The molecule has 3 rings (SSSR count). The number of hydrogen-bond donors (Lipinski definition) is 3. The summed E-state index contributed by atoms with van der Waals surface area (Å²) in [7, 11) is 3.08. The second-order valence-corrected chi connectivity index (χ2v) is 6.33. The Morgan fingerprint density at radius 3 is 2.73 bits per heavy atom. The number of nitrogens with zero attached hydrogens (tertiary/aromatic N) is 1. The van der Waals surface area contributed by atoms with Crippen LogP contribution in [0.3, 0.4) is 0 Å². The fourth-order valence-corrected chi connectivity index (χ4v) is 3.19. The lowest BCUT2D eigenvalue weighted by atomic mass is 10.2. The van der Waals surface area contributed by atoms with E-state index in [9.17, 15) is 9.59 Å². The molecule has 0 aliphatic rings. The number of H-pyrrole nitrogens is 1. The van der Waals surface area contributed by atoms with Crippen molar-refractivity contribution in [3.05, 3.63) is 35.0 Å². The molecule has 1 aromatic carbocycles. The van der Waals surface area contributed by atoms with Gasteiger partial charge < -0.3 is 25.1 Å². The number of carbonyl (C=O) groups is 2. The molecule has 3 N–H and O–H groups in total. The molecule has 8 nitrogen and oxygen atoms in total. The van der Waals surface area contributed by atoms with Crippen molar-refractivity contribution in [3.8, 4) is 11.5 Å². The van der Waals surface area contributed by atoms with E-state index in [0.29, 0.717) is 22.3 Å². The van der Waals surface area contributed by atoms with E-state index in [1.54, 1.807) is 25.3 Å². The van der Waals surface area contributed by atoms with Crippen molar-refractivity contribution in [3.63, 3.8) is 0 Å². The van der Waals surface area contributed by atoms with Crippen LogP contribution in [-0.2, 0) is 4.79 Å². The normalized spacial score (nSPS) is 10.6. The largest absolute Gasteiger partial charge is 0.493 e. The third-order valence-corrected chi connectivity index (χ3v) is 4.54. The summed E-state index contributed by atoms with van der Waals surface area (Å²) in [6.07, 6.45) is 0. The topological polar surface area (TPSA) is 105 Å². The average Bonchev–Trinajstić information content (AvgIpc) is 3.24. The SMILES string of the molecule is COc1ccc2[nH]c(C(=O)NCC(=O)Nc3nc(C)cs3)cc2c1OC. The number of aryl methyl sites for hydroxylation is 1. The molecule has 26 heavy (non-hydrogen) atoms. The van der Waals surface area contributed by atoms with E-state index in [-0.39, 0.29) is 12.5 Å². The van der Waals surface area contributed by atoms with Crippen LogP contribution in [0, 0.1) is 6.92 Å². The molecule has 2 heterocycles. The average molecular weight is 374 g/mol. The molecule has 136 valence electrons. The summed E-state index contributed by atoms with van der Waals surface area (Å²) in [5.74, 6) is 0.372. The van der Waals surface area contributed by atoms with Crippen LogP contribution in [0.5, 0.6) is 11.5 Å². The third-order valence-electron chi connectivity index (χ3n) is 3.66. The Morgan fingerprint density at radius 2 is 2.08 bits per heavy atom. The highest BCUT2D eigenvalue weighted by Gasteiger charge is 2.16. The standard InChI is InChI=1S/C17H18N4O4S/c1-9-8-26-17(19-9)21-14(22)7-18-16(23)12-6-10-11(20-12)4-5-13(24-2)15(10)25-3/h4-6,8,20H,7H2,1-3H3,(H,18,23)(H,19,21,22). The summed E-state index contributed by atoms with van der Waals surface area (Å²) in [5.41, 5.74) is 1.89. The Balaban J connectivity index is 1.68. The lowest BCUT2D eigenvalue weighted by Gasteiger charge is -2.07. The molecule has 2 aromatic heterocycles. The number of rotatable bonds is 6. The summed E-state index contributed by atoms with van der Waals surface area (Å²) in [6.45, 7) is 1.68. The quantitative estimate of drug-likeness (QED) is 0.614. The summed E-state index contributed by atoms with van der Waals surface area (Å²) >= 11 is 1.33. The second kappa shape index (κ2) is 7.44. The number of methoxy groups -OCH3 is 2. The van der Waals surface area contributed by atoms with E-state index < -0.39 is 5.91 Å². The van der Waals surface area contributed by atoms with Gasteiger partial charge in [-0.1, -0.05) is 0 Å². The van der Waals surface area contributed by atoms with Crippen LogP contribution in [0.4, 0.5) is 5.13 Å². The minimum absolute atomic E-state index is 0.159. The van der Waals surface area contributed by atoms with E-state index in [4.69, 9.17) is 9.47 Å². The van der Waals surface area contributed by atoms with Crippen LogP contribution in [0.25, 0.3) is 10.9 Å². The molecule has 0 saturated carbocycles. The Hall–Kier alpha value is -3.07. The first-order valence-electron chi connectivity index (χ1n) is 7.75. The molecule has 0 atom stereocenters. The fraction of sp³-hybridized carbons (Fsp3) is 0.235. The molecule has 0 saturated heterocycles. The first-order chi connectivity index (χ1) is 12.5. The lowest BCUT2D eigenvalue weighted by Crippen LogP contribution is -2.33. The number of thiazole rings is 1. The van der Waals surface area contributed by atoms with Crippen molar-refractivity contribution in [2.75, 3.05) is 26.1 Å². The second-order valence-electron chi connectivity index (χ2n) is 5.47. The van der Waals surface area contributed by atoms with Crippen LogP contribution >= 0.6 is 11.3 Å². The van der Waals surface area contributed by atoms with Crippen LogP contribution in [0.1, 0.15) is 16.2 Å². The maximum Gasteiger partial charge on any atom is 0.268 e. The van der Waals surface area contributed by atoms with Crippen molar-refractivity contribution in [1.29, 1.82) is 0 Å². The summed E-state index contributed by atoms with van der Waals surface area (Å²) in [6, 6.07) is 5.21. The van der Waals surface area contributed by atoms with Gasteiger partial charge in [-0.15, -0.1) is 11.3 Å². The number of nitrogens with one attached hydrogen (secondary N) is 3. The van der Waals surface area contributed by atoms with Crippen molar-refractivity contribution < 1.29 is 19.1 Å². The van der Waals surface area contributed by atoms with Gasteiger partial charge in [-0.05, 0) is 25.1 Å². The van der Waals surface area contributed by atoms with Gasteiger partial charge in [0.2, 0.25) is 5.91 Å². The number of benzene rings is 1. The monoisotopic (exact) mass is 374 g/mol. The number of carbonyl (C=O) groups excluding carboxylic acids is 2. The van der Waals surface area contributed by atoms with Gasteiger partial charge in [0.15, 0.2) is 16.6 Å². The molecular formula is C17H18N4O4S. The van der Waals surface area contributed by atoms with Gasteiger partial charge in [0.25, 0.3) is 5.91 Å². The molecular weight excluding hydrogens is 356 g/mol. The predicted octanol–water partition coefficient (Wildman–Crippen LogP) is 2.32. The smallest absolute Gasteiger partial charge is 0.268 e. The molecule has 0 spiro atoms. The van der Waals surface area contributed by atoms with Crippen molar-refractivity contribution in [2.24, 2.45) is 0 Å². The fourth-order valence-electron chi connectivity index (χ4n) is 2.48. The van der Waals surface area contributed by atoms with Gasteiger partial charge >= 0.3 is 0 Å². The Kier molecular flexibility index (Phi) is 5.08. The summed E-state index contributed by atoms with van der Waals surface area (Å²) in [4.78, 5) is 31.4. The van der Waals surface area contributed by atoms with E-state index in [0.717, 1.165) is 16.6 Å². The molecule has 0 aliphatic heterocycles. The Morgan fingerprint density at radius 1 is 1.27 bits per heavy atom. The highest BCUT2D eigenvalue weighted by molar-refractivity contribution is 7.13. The molecule has 3 aromatic rings. The van der Waals surface area contributed by atoms with Gasteiger partial charge in [-0.3, -0.25) is 9.59 Å². The predicted molar refractivity (Wildman–Crippen MR) is 99.2 cm³/mol. The number of fused-ring (bicyclic) bond motifs is 1. The molecule has 0 unspecified atom stereocenters. The minimum atomic E-state index is -0.396. The minimum Gasteiger partial charge on any atom is -0.493 e. The van der Waals surface area contributed by atoms with E-state index in [1.165, 1.54) is 18.4 Å². The van der Waals surface area contributed by atoms with Gasteiger partial charge in [-0.2, -0.15) is 0 Å². The molecule has 0 radical (unpaired) electrons. The van der Waals surface area contributed by atoms with E-state index in [1.807, 2.05) is 12.3 Å². The van der Waals surface area contributed by atoms with Crippen LogP contribution in [-0.4, -0.2) is 42.5 Å². The summed E-state index contributed by atoms with van der Waals surface area (Å²) in [5, 5.41) is 8.27. The molecule has 0 fully saturated rings. The lowest BCUT2D eigenvalue weighted by molar-refractivity contribution is -0.115. The number of ether oxygens (including phenoxy) is 2. The zero-order valence-electron chi connectivity index (χ0n) is 14.5. The number of hydrogen-bond acceptors (Lipinski definition) is 6. The van der Waals surface area contributed by atoms with Gasteiger partial charge in [-0.25, -0.2) is 4.98 Å². The van der Waals surface area contributed by atoms with Crippen molar-refractivity contribution >= 4 is 39.2 Å². The van der Waals surface area contributed by atoms with Gasteiger partial charge in [0.1, 0.15) is 5.69 Å². The van der Waals surface area contributed by atoms with Crippen LogP contribution in [0.15, 0.2) is 23.6 Å². The van der Waals surface area contributed by atoms with Gasteiger partial charge in [0.05, 0.1) is 32.0 Å². The number of anilines is 1. The maximum atomic E-state index is 12.3. The number of aromatic nitrogens is 2. The highest BCUT2D eigenvalue weighted by Crippen LogP contribution is 2.35. The molecule has 9 heteroatoms. The molecule has 0 bridgehead atoms. The van der Waals surface area contributed by atoms with Crippen molar-refractivity contribution in [2.45, 2.75) is 6.92 Å². The van der Waals surface area contributed by atoms with E-state index in [2.05, 4.69) is 20.6 Å². The zero-order valence-corrected chi connectivity index (χ0v) is 15.3. The summed E-state index contributed by atoms with van der Waals surface area (Å²) < 4.78 is 10.6. The Labute approximate surface area is 153 Å². The molecule has 2 amide bonds. The first-order valence-corrected chi connectivity index (χ1v) is 8.63. The molecule has 0 aliphatic carbocycles. The van der Waals surface area contributed by atoms with Gasteiger partial charge in [0, 0.05) is 10.8 Å². The zero-order chi connectivity index (χ0) is 18.7. The van der Waals surface area contributed by atoms with Crippen LogP contribution in [0.2, 0.25) is 0 Å².